The molecule has 168 valence electrons. The second kappa shape index (κ2) is 8.20. The highest BCUT2D eigenvalue weighted by Crippen LogP contribution is 2.32. The second-order valence-corrected chi connectivity index (χ2v) is 10.6. The number of likely N-dealkylation sites (tertiary alicyclic amines) is 1. The van der Waals surface area contributed by atoms with E-state index < -0.39 is 15.8 Å². The first-order valence-corrected chi connectivity index (χ1v) is 12.6. The quantitative estimate of drug-likeness (QED) is 0.781. The van der Waals surface area contributed by atoms with E-state index in [1.165, 1.54) is 0 Å². The van der Waals surface area contributed by atoms with Gasteiger partial charge < -0.3 is 19.4 Å². The van der Waals surface area contributed by atoms with Crippen LogP contribution in [0, 0.1) is 0 Å². The topological polar surface area (TPSA) is 91.9 Å². The molecule has 3 aliphatic heterocycles. The molecule has 0 unspecified atom stereocenters. The van der Waals surface area contributed by atoms with Gasteiger partial charge in [0.05, 0.1) is 18.1 Å². The molecule has 31 heavy (non-hydrogen) atoms. The average molecular weight is 448 g/mol. The Hall–Kier alpha value is -1.94. The van der Waals surface area contributed by atoms with E-state index in [0.29, 0.717) is 57.9 Å². The highest BCUT2D eigenvalue weighted by molar-refractivity contribution is 7.89. The number of carbonyl (C=O) groups is 1. The Morgan fingerprint density at radius 2 is 1.61 bits per heavy atom. The van der Waals surface area contributed by atoms with Crippen molar-refractivity contribution in [2.75, 3.05) is 39.4 Å². The zero-order valence-electron chi connectivity index (χ0n) is 17.6. The van der Waals surface area contributed by atoms with Gasteiger partial charge in [-0.05, 0) is 37.1 Å². The monoisotopic (exact) mass is 447 g/mol. The second-order valence-electron chi connectivity index (χ2n) is 8.65. The van der Waals surface area contributed by atoms with E-state index >= 15 is 0 Å². The summed E-state index contributed by atoms with van der Waals surface area (Å²) in [6.07, 6.45) is 5.28. The van der Waals surface area contributed by atoms with E-state index in [1.807, 2.05) is 0 Å². The van der Waals surface area contributed by atoms with Crippen LogP contribution in [0.3, 0.4) is 0 Å². The Bertz CT molecular complexity index is 1060. The average Bonchev–Trinajstić information content (AvgIpc) is 3.31. The number of hydrogen-bond donors (Lipinski definition) is 1. The van der Waals surface area contributed by atoms with Gasteiger partial charge in [-0.1, -0.05) is 12.8 Å². The number of aromatic amines is 1. The Kier molecular flexibility index (Phi) is 5.54. The lowest BCUT2D eigenvalue weighted by atomic mass is 10.0. The summed E-state index contributed by atoms with van der Waals surface area (Å²) >= 11 is 0. The number of fused-ring (bicyclic) bond motifs is 1. The molecule has 4 heterocycles. The number of sulfonamides is 1. The summed E-state index contributed by atoms with van der Waals surface area (Å²) in [5, 5.41) is 0.732. The number of nitrogens with one attached hydrogen (secondary N) is 1. The summed E-state index contributed by atoms with van der Waals surface area (Å²) in [6.45, 7) is 3.51. The zero-order chi connectivity index (χ0) is 21.5. The third kappa shape index (κ3) is 4.00. The third-order valence-electron chi connectivity index (χ3n) is 6.65. The zero-order valence-corrected chi connectivity index (χ0v) is 18.5. The smallest absolute Gasteiger partial charge is 0.270 e. The normalized spacial score (nSPS) is 22.8. The Morgan fingerprint density at radius 3 is 2.29 bits per heavy atom. The van der Waals surface area contributed by atoms with E-state index in [4.69, 9.17) is 9.47 Å². The fraction of sp³-hybridized carbons (Fsp3) is 0.591. The third-order valence-corrected chi connectivity index (χ3v) is 8.55. The molecule has 1 aromatic heterocycles. The maximum Gasteiger partial charge on any atom is 0.270 e. The molecule has 0 atom stereocenters. The highest BCUT2D eigenvalue weighted by atomic mass is 32.2. The van der Waals surface area contributed by atoms with Crippen molar-refractivity contribution in [3.8, 4) is 0 Å². The minimum absolute atomic E-state index is 0.0824. The molecule has 1 amide bonds. The molecule has 1 aromatic carbocycles. The lowest BCUT2D eigenvalue weighted by molar-refractivity contribution is -0.181. The summed E-state index contributed by atoms with van der Waals surface area (Å²) in [6, 6.07) is 6.81. The highest BCUT2D eigenvalue weighted by Gasteiger charge is 2.41. The minimum atomic E-state index is -3.52. The first-order valence-electron chi connectivity index (χ1n) is 11.2. The number of H-pyrrole nitrogens is 1. The van der Waals surface area contributed by atoms with Gasteiger partial charge in [0, 0.05) is 49.9 Å². The van der Waals surface area contributed by atoms with Crippen LogP contribution in [0.15, 0.2) is 29.2 Å². The van der Waals surface area contributed by atoms with Crippen LogP contribution in [-0.2, 0) is 19.5 Å². The molecule has 8 nitrogen and oxygen atoms in total. The van der Waals surface area contributed by atoms with Crippen molar-refractivity contribution in [1.82, 2.24) is 14.2 Å². The summed E-state index contributed by atoms with van der Waals surface area (Å²) < 4.78 is 39.3. The van der Waals surface area contributed by atoms with E-state index in [1.54, 1.807) is 33.5 Å². The molecular formula is C22H29N3O5S. The van der Waals surface area contributed by atoms with Gasteiger partial charge in [0.2, 0.25) is 10.0 Å². The van der Waals surface area contributed by atoms with Crippen LogP contribution in [-0.4, -0.2) is 73.7 Å². The molecule has 9 heteroatoms. The van der Waals surface area contributed by atoms with Crippen LogP contribution in [0.1, 0.15) is 49.0 Å². The van der Waals surface area contributed by atoms with Crippen LogP contribution in [0.4, 0.5) is 0 Å². The lowest BCUT2D eigenvalue weighted by Gasteiger charge is -2.37. The van der Waals surface area contributed by atoms with Crippen LogP contribution < -0.4 is 0 Å². The van der Waals surface area contributed by atoms with E-state index in [2.05, 4.69) is 4.98 Å². The summed E-state index contributed by atoms with van der Waals surface area (Å²) in [7, 11) is -3.52. The van der Waals surface area contributed by atoms with Gasteiger partial charge in [0.1, 0.15) is 5.69 Å². The molecule has 3 saturated heterocycles. The van der Waals surface area contributed by atoms with Gasteiger partial charge in [0.15, 0.2) is 5.79 Å². The number of benzene rings is 1. The lowest BCUT2D eigenvalue weighted by Crippen LogP contribution is -2.47. The van der Waals surface area contributed by atoms with Crippen molar-refractivity contribution in [3.05, 3.63) is 30.0 Å². The van der Waals surface area contributed by atoms with Gasteiger partial charge >= 0.3 is 0 Å². The van der Waals surface area contributed by atoms with E-state index in [-0.39, 0.29) is 10.8 Å². The van der Waals surface area contributed by atoms with Crippen molar-refractivity contribution in [1.29, 1.82) is 0 Å². The van der Waals surface area contributed by atoms with E-state index in [9.17, 15) is 13.2 Å². The van der Waals surface area contributed by atoms with Crippen molar-refractivity contribution in [2.24, 2.45) is 0 Å². The summed E-state index contributed by atoms with van der Waals surface area (Å²) in [4.78, 5) is 18.3. The van der Waals surface area contributed by atoms with Crippen LogP contribution in [0.2, 0.25) is 0 Å². The fourth-order valence-electron chi connectivity index (χ4n) is 4.82. The maximum atomic E-state index is 13.1. The largest absolute Gasteiger partial charge is 0.351 e. The van der Waals surface area contributed by atoms with Crippen molar-refractivity contribution in [3.63, 3.8) is 0 Å². The first-order chi connectivity index (χ1) is 15.0. The van der Waals surface area contributed by atoms with Crippen LogP contribution >= 0.6 is 0 Å². The molecule has 1 spiro atoms. The number of rotatable bonds is 3. The molecule has 2 aromatic rings. The van der Waals surface area contributed by atoms with Gasteiger partial charge in [-0.25, -0.2) is 8.42 Å². The summed E-state index contributed by atoms with van der Waals surface area (Å²) in [5.74, 6) is -0.602. The Morgan fingerprint density at radius 1 is 0.935 bits per heavy atom. The van der Waals surface area contributed by atoms with Crippen molar-refractivity contribution < 1.29 is 22.7 Å². The minimum Gasteiger partial charge on any atom is -0.351 e. The first kappa shape index (κ1) is 20.9. The van der Waals surface area contributed by atoms with Crippen molar-refractivity contribution >= 4 is 26.8 Å². The van der Waals surface area contributed by atoms with Crippen LogP contribution in [0.5, 0.6) is 0 Å². The van der Waals surface area contributed by atoms with Crippen LogP contribution in [0.25, 0.3) is 10.9 Å². The molecule has 3 aliphatic rings. The molecule has 0 saturated carbocycles. The van der Waals surface area contributed by atoms with Crippen molar-refractivity contribution in [2.45, 2.75) is 49.2 Å². The molecule has 0 radical (unpaired) electrons. The SMILES string of the molecule is O=C(c1cc2cc(S(=O)(=O)N3CCCCCC3)ccc2[nH]1)N1CCC2(CC1)OCCO2. The number of carbonyl (C=O) groups excluding carboxylic acids is 1. The van der Waals surface area contributed by atoms with Gasteiger partial charge in [-0.3, -0.25) is 4.79 Å². The standard InChI is InChI=1S/C22H29N3O5S/c26-21(24-11-7-22(8-12-24)29-13-14-30-22)20-16-17-15-18(5-6-19(17)23-20)31(27,28)25-9-3-1-2-4-10-25/h5-6,15-16,23H,1-4,7-14H2. The Labute approximate surface area is 182 Å². The predicted molar refractivity (Wildman–Crippen MR) is 115 cm³/mol. The number of amides is 1. The Balaban J connectivity index is 1.34. The maximum absolute atomic E-state index is 13.1. The summed E-state index contributed by atoms with van der Waals surface area (Å²) in [5.41, 5.74) is 1.23. The molecule has 3 fully saturated rings. The molecule has 1 N–H and O–H groups in total. The predicted octanol–water partition coefficient (Wildman–Crippen LogP) is 2.71. The van der Waals surface area contributed by atoms with E-state index in [0.717, 1.165) is 36.6 Å². The van der Waals surface area contributed by atoms with Gasteiger partial charge in [0.25, 0.3) is 5.91 Å². The molecular weight excluding hydrogens is 418 g/mol. The number of aromatic nitrogens is 1. The number of hydrogen-bond acceptors (Lipinski definition) is 5. The van der Waals surface area contributed by atoms with Gasteiger partial charge in [-0.2, -0.15) is 4.31 Å². The number of nitrogens with zero attached hydrogens (tertiary/aromatic N) is 2. The number of ether oxygens (including phenoxy) is 2. The molecule has 0 bridgehead atoms. The number of piperidine rings is 1. The molecule has 5 rings (SSSR count). The van der Waals surface area contributed by atoms with Gasteiger partial charge in [-0.15, -0.1) is 0 Å². The molecule has 0 aliphatic carbocycles. The fourth-order valence-corrected chi connectivity index (χ4v) is 6.38.